The Morgan fingerprint density at radius 3 is 2.51 bits per heavy atom. The largest absolute Gasteiger partial charge is 0.490 e. The number of anilines is 1. The molecular formula is C29H26ClIN2O5S. The maximum absolute atomic E-state index is 13.0. The monoisotopic (exact) mass is 676 g/mol. The number of ether oxygens (including phenoxy) is 2. The average molecular weight is 677 g/mol. The Morgan fingerprint density at radius 2 is 1.82 bits per heavy atom. The Hall–Kier alpha value is -3.02. The lowest BCUT2D eigenvalue weighted by molar-refractivity contribution is -0.127. The van der Waals surface area contributed by atoms with Crippen molar-refractivity contribution in [2.75, 3.05) is 18.5 Å². The Morgan fingerprint density at radius 1 is 1.08 bits per heavy atom. The highest BCUT2D eigenvalue weighted by Gasteiger charge is 2.36. The van der Waals surface area contributed by atoms with Gasteiger partial charge in [0.2, 0.25) is 5.91 Å². The smallest absolute Gasteiger partial charge is 0.294 e. The molecule has 4 rings (SSSR count). The summed E-state index contributed by atoms with van der Waals surface area (Å²) in [6.45, 7) is 6.10. The van der Waals surface area contributed by atoms with Gasteiger partial charge >= 0.3 is 0 Å². The second-order valence-electron chi connectivity index (χ2n) is 8.81. The summed E-state index contributed by atoms with van der Waals surface area (Å²) in [5.74, 6) is 0.148. The van der Waals surface area contributed by atoms with E-state index in [0.29, 0.717) is 41.0 Å². The van der Waals surface area contributed by atoms with E-state index in [4.69, 9.17) is 21.1 Å². The zero-order valence-corrected chi connectivity index (χ0v) is 25.3. The maximum Gasteiger partial charge on any atom is 0.294 e. The van der Waals surface area contributed by atoms with Crippen LogP contribution in [0.25, 0.3) is 6.08 Å². The molecule has 1 aliphatic rings. The molecule has 0 spiro atoms. The zero-order chi connectivity index (χ0) is 28.1. The van der Waals surface area contributed by atoms with E-state index >= 15 is 0 Å². The van der Waals surface area contributed by atoms with Crippen LogP contribution in [-0.4, -0.2) is 35.1 Å². The van der Waals surface area contributed by atoms with Gasteiger partial charge in [0.15, 0.2) is 11.5 Å². The lowest BCUT2D eigenvalue weighted by atomic mass is 10.1. The number of aryl methyl sites for hydroxylation is 2. The van der Waals surface area contributed by atoms with Crippen molar-refractivity contribution in [1.82, 2.24) is 4.90 Å². The van der Waals surface area contributed by atoms with Gasteiger partial charge in [-0.15, -0.1) is 0 Å². The van der Waals surface area contributed by atoms with Crippen molar-refractivity contribution < 1.29 is 23.9 Å². The van der Waals surface area contributed by atoms with E-state index in [1.165, 1.54) is 0 Å². The van der Waals surface area contributed by atoms with E-state index in [1.807, 2.05) is 51.1 Å². The van der Waals surface area contributed by atoms with E-state index in [0.717, 1.165) is 36.9 Å². The highest BCUT2D eigenvalue weighted by atomic mass is 127. The first-order valence-corrected chi connectivity index (χ1v) is 14.4. The molecule has 202 valence electrons. The van der Waals surface area contributed by atoms with Gasteiger partial charge in [-0.1, -0.05) is 41.4 Å². The molecule has 1 aliphatic heterocycles. The van der Waals surface area contributed by atoms with Crippen LogP contribution in [0.5, 0.6) is 11.5 Å². The number of carbonyl (C=O) groups is 3. The topological polar surface area (TPSA) is 84.9 Å². The number of nitrogens with one attached hydrogen (secondary N) is 1. The lowest BCUT2D eigenvalue weighted by Gasteiger charge is -2.15. The van der Waals surface area contributed by atoms with E-state index in [1.54, 1.807) is 30.3 Å². The fraction of sp³-hybridized carbons (Fsp3) is 0.207. The van der Waals surface area contributed by atoms with Gasteiger partial charge in [0.25, 0.3) is 11.1 Å². The average Bonchev–Trinajstić information content (AvgIpc) is 3.13. The molecule has 0 saturated carbocycles. The molecule has 0 aromatic heterocycles. The van der Waals surface area contributed by atoms with Crippen LogP contribution in [0.1, 0.15) is 29.2 Å². The van der Waals surface area contributed by atoms with E-state index in [-0.39, 0.29) is 11.4 Å². The molecule has 10 heteroatoms. The normalized spacial score (nSPS) is 14.2. The Kier molecular flexibility index (Phi) is 9.58. The first kappa shape index (κ1) is 29.0. The Labute approximate surface area is 250 Å². The van der Waals surface area contributed by atoms with Crippen LogP contribution in [0, 0.1) is 17.4 Å². The summed E-state index contributed by atoms with van der Waals surface area (Å²) in [4.78, 5) is 39.4. The zero-order valence-electron chi connectivity index (χ0n) is 21.5. The molecule has 3 aromatic carbocycles. The van der Waals surface area contributed by atoms with Crippen LogP contribution < -0.4 is 14.8 Å². The second-order valence-corrected chi connectivity index (χ2v) is 11.4. The molecular weight excluding hydrogens is 651 g/mol. The minimum absolute atomic E-state index is 0.229. The number of amides is 3. The molecule has 0 unspecified atom stereocenters. The molecule has 1 fully saturated rings. The number of halogens is 2. The molecule has 7 nitrogen and oxygen atoms in total. The summed E-state index contributed by atoms with van der Waals surface area (Å²) in [6.07, 6.45) is 1.63. The van der Waals surface area contributed by atoms with Crippen molar-refractivity contribution in [3.05, 3.63) is 90.3 Å². The minimum atomic E-state index is -0.517. The molecule has 39 heavy (non-hydrogen) atoms. The van der Waals surface area contributed by atoms with Crippen LogP contribution in [0.3, 0.4) is 0 Å². The van der Waals surface area contributed by atoms with Gasteiger partial charge in [-0.25, -0.2) is 0 Å². The summed E-state index contributed by atoms with van der Waals surface area (Å²) in [5, 5.41) is 2.94. The quantitative estimate of drug-likeness (QED) is 0.191. The van der Waals surface area contributed by atoms with Crippen molar-refractivity contribution in [3.63, 3.8) is 0 Å². The third kappa shape index (κ3) is 7.34. The highest BCUT2D eigenvalue weighted by molar-refractivity contribution is 14.1. The SMILES string of the molecule is CCOc1cc(/C=C2/SC(=O)N(CC(=O)Nc3ccc(C)cc3C)C2=O)cc(I)c1OCc1ccc(Cl)cc1. The summed E-state index contributed by atoms with van der Waals surface area (Å²) >= 11 is 8.92. The van der Waals surface area contributed by atoms with E-state index in [9.17, 15) is 14.4 Å². The maximum atomic E-state index is 13.0. The van der Waals surface area contributed by atoms with Crippen molar-refractivity contribution in [1.29, 1.82) is 0 Å². The van der Waals surface area contributed by atoms with Crippen LogP contribution >= 0.6 is 46.0 Å². The van der Waals surface area contributed by atoms with E-state index in [2.05, 4.69) is 27.9 Å². The first-order valence-electron chi connectivity index (χ1n) is 12.1. The van der Waals surface area contributed by atoms with Crippen molar-refractivity contribution >= 4 is 74.8 Å². The number of rotatable bonds is 9. The molecule has 0 radical (unpaired) electrons. The molecule has 1 N–H and O–H groups in total. The number of nitrogens with zero attached hydrogens (tertiary/aromatic N) is 1. The fourth-order valence-corrected chi connectivity index (χ4v) is 5.63. The van der Waals surface area contributed by atoms with Gasteiger partial charge in [-0.05, 0) is 108 Å². The Bertz CT molecular complexity index is 1460. The Balaban J connectivity index is 1.48. The van der Waals surface area contributed by atoms with Gasteiger partial charge in [0.1, 0.15) is 13.2 Å². The molecule has 1 heterocycles. The van der Waals surface area contributed by atoms with Crippen LogP contribution in [0.15, 0.2) is 59.5 Å². The summed E-state index contributed by atoms with van der Waals surface area (Å²) in [5.41, 5.74) is 4.25. The first-order chi connectivity index (χ1) is 18.6. The van der Waals surface area contributed by atoms with Gasteiger partial charge in [-0.3, -0.25) is 19.3 Å². The number of benzene rings is 3. The third-order valence-electron chi connectivity index (χ3n) is 5.76. The third-order valence-corrected chi connectivity index (χ3v) is 7.72. The number of hydrogen-bond acceptors (Lipinski definition) is 6. The van der Waals surface area contributed by atoms with Crippen LogP contribution in [0.2, 0.25) is 5.02 Å². The molecule has 0 atom stereocenters. The number of hydrogen-bond donors (Lipinski definition) is 1. The molecule has 1 saturated heterocycles. The number of carbonyl (C=O) groups excluding carboxylic acids is 3. The molecule has 3 amide bonds. The van der Waals surface area contributed by atoms with Crippen molar-refractivity contribution in [2.45, 2.75) is 27.4 Å². The summed E-state index contributed by atoms with van der Waals surface area (Å²) in [6, 6.07) is 16.6. The summed E-state index contributed by atoms with van der Waals surface area (Å²) in [7, 11) is 0. The predicted octanol–water partition coefficient (Wildman–Crippen LogP) is 7.21. The van der Waals surface area contributed by atoms with Gasteiger partial charge in [0.05, 0.1) is 15.1 Å². The van der Waals surface area contributed by atoms with Gasteiger partial charge in [0, 0.05) is 10.7 Å². The minimum Gasteiger partial charge on any atom is -0.490 e. The lowest BCUT2D eigenvalue weighted by Crippen LogP contribution is -2.36. The van der Waals surface area contributed by atoms with E-state index < -0.39 is 17.1 Å². The van der Waals surface area contributed by atoms with Crippen LogP contribution in [-0.2, 0) is 16.2 Å². The standard InChI is InChI=1S/C29H26ClIN2O5S/c1-4-37-24-13-20(12-22(31)27(24)38-16-19-6-8-21(30)9-7-19)14-25-28(35)33(29(36)39-25)15-26(34)32-23-10-5-17(2)11-18(23)3/h5-14H,4,15-16H2,1-3H3,(H,32,34)/b25-14+. The molecule has 0 aliphatic carbocycles. The second kappa shape index (κ2) is 12.9. The van der Waals surface area contributed by atoms with Gasteiger partial charge in [-0.2, -0.15) is 0 Å². The summed E-state index contributed by atoms with van der Waals surface area (Å²) < 4.78 is 12.7. The number of thioether (sulfide) groups is 1. The van der Waals surface area contributed by atoms with Crippen LogP contribution in [0.4, 0.5) is 10.5 Å². The fourth-order valence-electron chi connectivity index (χ4n) is 3.89. The van der Waals surface area contributed by atoms with Crippen molar-refractivity contribution in [3.8, 4) is 11.5 Å². The molecule has 3 aromatic rings. The number of imide groups is 1. The molecule has 0 bridgehead atoms. The van der Waals surface area contributed by atoms with Gasteiger partial charge < -0.3 is 14.8 Å². The van der Waals surface area contributed by atoms with Crippen molar-refractivity contribution in [2.24, 2.45) is 0 Å². The highest BCUT2D eigenvalue weighted by Crippen LogP contribution is 2.38. The predicted molar refractivity (Wildman–Crippen MR) is 163 cm³/mol.